The van der Waals surface area contributed by atoms with Gasteiger partial charge in [-0.2, -0.15) is 0 Å². The lowest BCUT2D eigenvalue weighted by Crippen LogP contribution is -2.18. The Morgan fingerprint density at radius 2 is 0.857 bits per heavy atom. The third-order valence-corrected chi connectivity index (χ3v) is 8.49. The first-order chi connectivity index (χ1) is 20.6. The summed E-state index contributed by atoms with van der Waals surface area (Å²) in [5.41, 5.74) is 0. The van der Waals surface area contributed by atoms with Crippen LogP contribution in [0.25, 0.3) is 0 Å². The van der Waals surface area contributed by atoms with E-state index in [-0.39, 0.29) is 18.5 Å². The molecule has 0 heterocycles. The van der Waals surface area contributed by atoms with E-state index in [1.807, 2.05) is 0 Å². The van der Waals surface area contributed by atoms with Gasteiger partial charge in [-0.05, 0) is 64.2 Å². The Balaban J connectivity index is 3.83. The van der Waals surface area contributed by atoms with Crippen LogP contribution in [-0.4, -0.2) is 23.1 Å². The van der Waals surface area contributed by atoms with Crippen LogP contribution in [0.1, 0.15) is 213 Å². The van der Waals surface area contributed by atoms with Crippen LogP contribution in [0, 0.1) is 0 Å². The standard InChI is InChI=1S/C38H72O4/c1-3-5-7-9-11-12-13-14-15-16-17-18-19-20-21-22-27-31-35-38(41)42-36(32-28-24-10-8-6-4-2)33-29-25-23-26-30-34-37(39)40/h15-16,36H,3-14,17-35H2,1-2H3,(H,39,40)/b16-15-. The van der Waals surface area contributed by atoms with E-state index in [9.17, 15) is 9.59 Å². The molecule has 0 aliphatic heterocycles. The summed E-state index contributed by atoms with van der Waals surface area (Å²) in [5, 5.41) is 8.77. The number of hydrogen-bond donors (Lipinski definition) is 1. The van der Waals surface area contributed by atoms with Gasteiger partial charge in [0.2, 0.25) is 0 Å². The molecule has 1 unspecified atom stereocenters. The van der Waals surface area contributed by atoms with E-state index in [4.69, 9.17) is 9.84 Å². The van der Waals surface area contributed by atoms with Crippen molar-refractivity contribution in [2.24, 2.45) is 0 Å². The van der Waals surface area contributed by atoms with Crippen LogP contribution in [0.2, 0.25) is 0 Å². The maximum absolute atomic E-state index is 12.6. The predicted molar refractivity (Wildman–Crippen MR) is 181 cm³/mol. The molecule has 0 aliphatic rings. The number of carboxylic acid groups (broad SMARTS) is 1. The molecule has 1 atom stereocenters. The van der Waals surface area contributed by atoms with Gasteiger partial charge < -0.3 is 9.84 Å². The van der Waals surface area contributed by atoms with Crippen LogP contribution >= 0.6 is 0 Å². The van der Waals surface area contributed by atoms with Crippen molar-refractivity contribution >= 4 is 11.9 Å². The minimum Gasteiger partial charge on any atom is -0.481 e. The topological polar surface area (TPSA) is 63.6 Å². The highest BCUT2D eigenvalue weighted by Crippen LogP contribution is 2.18. The van der Waals surface area contributed by atoms with Crippen LogP contribution < -0.4 is 0 Å². The summed E-state index contributed by atoms with van der Waals surface area (Å²) in [7, 11) is 0. The number of unbranched alkanes of at least 4 members (excludes halogenated alkanes) is 23. The molecule has 42 heavy (non-hydrogen) atoms. The molecule has 0 aromatic carbocycles. The highest BCUT2D eigenvalue weighted by atomic mass is 16.5. The smallest absolute Gasteiger partial charge is 0.306 e. The minimum atomic E-state index is -0.701. The van der Waals surface area contributed by atoms with Crippen LogP contribution in [0.4, 0.5) is 0 Å². The van der Waals surface area contributed by atoms with Crippen LogP contribution in [-0.2, 0) is 14.3 Å². The van der Waals surface area contributed by atoms with Crippen LogP contribution in [0.15, 0.2) is 12.2 Å². The molecule has 0 fully saturated rings. The lowest BCUT2D eigenvalue weighted by Gasteiger charge is -2.18. The number of allylic oxidation sites excluding steroid dienone is 2. The zero-order valence-corrected chi connectivity index (χ0v) is 28.3. The number of esters is 1. The van der Waals surface area contributed by atoms with E-state index < -0.39 is 5.97 Å². The second kappa shape index (κ2) is 34.2. The van der Waals surface area contributed by atoms with E-state index in [0.29, 0.717) is 6.42 Å². The fourth-order valence-corrected chi connectivity index (χ4v) is 5.71. The van der Waals surface area contributed by atoms with Gasteiger partial charge in [-0.15, -0.1) is 0 Å². The van der Waals surface area contributed by atoms with Crippen molar-refractivity contribution in [1.82, 2.24) is 0 Å². The molecule has 0 saturated heterocycles. The summed E-state index contributed by atoms with van der Waals surface area (Å²) in [4.78, 5) is 23.2. The molecule has 0 amide bonds. The van der Waals surface area contributed by atoms with E-state index >= 15 is 0 Å². The number of aliphatic carboxylic acids is 1. The van der Waals surface area contributed by atoms with Crippen molar-refractivity contribution in [3.05, 3.63) is 12.2 Å². The van der Waals surface area contributed by atoms with Crippen molar-refractivity contribution in [2.45, 2.75) is 219 Å². The fraction of sp³-hybridized carbons (Fsp3) is 0.895. The summed E-state index contributed by atoms with van der Waals surface area (Å²) < 4.78 is 5.95. The van der Waals surface area contributed by atoms with Crippen LogP contribution in [0.3, 0.4) is 0 Å². The Morgan fingerprint density at radius 3 is 1.29 bits per heavy atom. The van der Waals surface area contributed by atoms with Crippen molar-refractivity contribution in [3.63, 3.8) is 0 Å². The van der Waals surface area contributed by atoms with Gasteiger partial charge in [-0.3, -0.25) is 9.59 Å². The number of rotatable bonds is 34. The van der Waals surface area contributed by atoms with Gasteiger partial charge in [0.15, 0.2) is 0 Å². The van der Waals surface area contributed by atoms with Gasteiger partial charge in [0.1, 0.15) is 6.10 Å². The summed E-state index contributed by atoms with van der Waals surface area (Å²) in [6.45, 7) is 4.52. The monoisotopic (exact) mass is 593 g/mol. The molecule has 0 bridgehead atoms. The molecule has 0 rings (SSSR count). The fourth-order valence-electron chi connectivity index (χ4n) is 5.71. The van der Waals surface area contributed by atoms with Crippen molar-refractivity contribution in [1.29, 1.82) is 0 Å². The second-order valence-electron chi connectivity index (χ2n) is 12.8. The lowest BCUT2D eigenvalue weighted by molar-refractivity contribution is -0.150. The third-order valence-electron chi connectivity index (χ3n) is 8.49. The van der Waals surface area contributed by atoms with Gasteiger partial charge in [-0.1, -0.05) is 148 Å². The van der Waals surface area contributed by atoms with E-state index in [1.54, 1.807) is 0 Å². The predicted octanol–water partition coefficient (Wildman–Crippen LogP) is 12.7. The molecule has 0 spiro atoms. The third kappa shape index (κ3) is 33.2. The second-order valence-corrected chi connectivity index (χ2v) is 12.8. The lowest BCUT2D eigenvalue weighted by atomic mass is 10.0. The van der Waals surface area contributed by atoms with Gasteiger partial charge in [0.25, 0.3) is 0 Å². The maximum Gasteiger partial charge on any atom is 0.306 e. The SMILES string of the molecule is CCCCCCCCC/C=C\CCCCCCCCCC(=O)OC(CCCCCCCC)CCCCCCCC(=O)O. The molecule has 248 valence electrons. The molecule has 0 saturated carbocycles. The van der Waals surface area contributed by atoms with Crippen molar-refractivity contribution in [3.8, 4) is 0 Å². The highest BCUT2D eigenvalue weighted by Gasteiger charge is 2.14. The Morgan fingerprint density at radius 1 is 0.500 bits per heavy atom. The van der Waals surface area contributed by atoms with Crippen molar-refractivity contribution < 1.29 is 19.4 Å². The van der Waals surface area contributed by atoms with E-state index in [2.05, 4.69) is 26.0 Å². The molecule has 4 heteroatoms. The number of carbonyl (C=O) groups excluding carboxylic acids is 1. The number of carbonyl (C=O) groups is 2. The average Bonchev–Trinajstić information content (AvgIpc) is 2.97. The molecule has 0 aliphatic carbocycles. The Labute approximate surface area is 262 Å². The summed E-state index contributed by atoms with van der Waals surface area (Å²) in [6.07, 6.45) is 40.9. The Hall–Kier alpha value is -1.32. The minimum absolute atomic E-state index is 0.00396. The van der Waals surface area contributed by atoms with Gasteiger partial charge in [0.05, 0.1) is 0 Å². The number of ether oxygens (including phenoxy) is 1. The average molecular weight is 593 g/mol. The highest BCUT2D eigenvalue weighted by molar-refractivity contribution is 5.69. The zero-order chi connectivity index (χ0) is 30.8. The Bertz CT molecular complexity index is 600. The molecule has 0 aromatic rings. The normalized spacial score (nSPS) is 12.2. The Kier molecular flexibility index (Phi) is 33.1. The first kappa shape index (κ1) is 40.7. The summed E-state index contributed by atoms with van der Waals surface area (Å²) >= 11 is 0. The maximum atomic E-state index is 12.6. The van der Waals surface area contributed by atoms with Crippen molar-refractivity contribution in [2.75, 3.05) is 0 Å². The molecule has 0 aromatic heterocycles. The molecular weight excluding hydrogens is 520 g/mol. The zero-order valence-electron chi connectivity index (χ0n) is 28.3. The molecule has 0 radical (unpaired) electrons. The van der Waals surface area contributed by atoms with Gasteiger partial charge in [-0.25, -0.2) is 0 Å². The first-order valence-electron chi connectivity index (χ1n) is 18.7. The summed E-state index contributed by atoms with van der Waals surface area (Å²) in [6, 6.07) is 0. The van der Waals surface area contributed by atoms with Gasteiger partial charge >= 0.3 is 11.9 Å². The molecule has 1 N–H and O–H groups in total. The molecular formula is C38H72O4. The molecule has 4 nitrogen and oxygen atoms in total. The first-order valence-corrected chi connectivity index (χ1v) is 18.7. The van der Waals surface area contributed by atoms with E-state index in [0.717, 1.165) is 64.2 Å². The summed E-state index contributed by atoms with van der Waals surface area (Å²) in [5.74, 6) is -0.705. The van der Waals surface area contributed by atoms with E-state index in [1.165, 1.54) is 122 Å². The number of carboxylic acids is 1. The number of hydrogen-bond acceptors (Lipinski definition) is 3. The largest absolute Gasteiger partial charge is 0.481 e. The van der Waals surface area contributed by atoms with Crippen LogP contribution in [0.5, 0.6) is 0 Å². The quantitative estimate of drug-likeness (QED) is 0.0458. The van der Waals surface area contributed by atoms with Gasteiger partial charge in [0, 0.05) is 12.8 Å².